The molecule has 0 amide bonds. The molecule has 0 saturated heterocycles. The minimum atomic E-state index is -9.46. The minimum absolute atomic E-state index is 8.22. The normalized spacial score (nSPS) is 18.6. The zero-order valence-corrected chi connectivity index (χ0v) is 12.9. The van der Waals surface area contributed by atoms with Gasteiger partial charge in [0.15, 0.2) is 0 Å². The molecule has 0 N–H and O–H groups in total. The highest BCUT2D eigenvalue weighted by atomic mass is 32.2. The fourth-order valence-corrected chi connectivity index (χ4v) is 3.06. The van der Waals surface area contributed by atoms with Crippen molar-refractivity contribution in [1.82, 2.24) is 0 Å². The lowest BCUT2D eigenvalue weighted by molar-refractivity contribution is -0.491. The van der Waals surface area contributed by atoms with Gasteiger partial charge >= 0.3 is 41.6 Å². The van der Waals surface area contributed by atoms with Crippen molar-refractivity contribution in [3.8, 4) is 0 Å². The Hall–Kier alpha value is -1.28. The molecule has 0 saturated carbocycles. The fraction of sp³-hybridized carbons (Fsp3) is 1.00. The van der Waals surface area contributed by atoms with Crippen molar-refractivity contribution in [2.24, 2.45) is 5.41 Å². The molecule has 1 unspecified atom stereocenters. The smallest absolute Gasteiger partial charge is 0.459 e. The number of hydrogen-bond acceptors (Lipinski definition) is 3. The van der Waals surface area contributed by atoms with Gasteiger partial charge in [-0.05, 0) is 0 Å². The Morgan fingerprint density at radius 2 is 0.724 bits per heavy atom. The second-order valence-electron chi connectivity index (χ2n) is 4.94. The zero-order chi connectivity index (χ0) is 24.5. The molecular formula is C8F17O3S-. The maximum Gasteiger partial charge on any atom is 0.459 e. The van der Waals surface area contributed by atoms with Gasteiger partial charge in [-0.3, -0.25) is 0 Å². The first-order chi connectivity index (χ1) is 12.0. The molecule has 0 rings (SSSR count). The van der Waals surface area contributed by atoms with Crippen LogP contribution in [-0.4, -0.2) is 54.5 Å². The van der Waals surface area contributed by atoms with Crippen molar-refractivity contribution in [3.63, 3.8) is 0 Å². The molecule has 0 fully saturated rings. The SMILES string of the molecule is O=S(=O)([O-])C(F)(C(F)(F)F)C(C(F)(F)F)(C(F)(F)F)C(F)(F)C(F)(F)C(F)(F)F. The summed E-state index contributed by atoms with van der Waals surface area (Å²) in [5, 5.41) is -9.00. The van der Waals surface area contributed by atoms with Crippen LogP contribution in [0.2, 0.25) is 0 Å². The van der Waals surface area contributed by atoms with E-state index in [-0.39, 0.29) is 0 Å². The van der Waals surface area contributed by atoms with E-state index in [0.717, 1.165) is 0 Å². The van der Waals surface area contributed by atoms with Crippen LogP contribution in [0.5, 0.6) is 0 Å². The fourth-order valence-electron chi connectivity index (χ4n) is 2.04. The topological polar surface area (TPSA) is 57.2 Å². The third-order valence-electron chi connectivity index (χ3n) is 3.26. The Labute approximate surface area is 146 Å². The van der Waals surface area contributed by atoms with Gasteiger partial charge in [0.1, 0.15) is 10.1 Å². The molecule has 0 aliphatic rings. The van der Waals surface area contributed by atoms with Crippen molar-refractivity contribution >= 4 is 10.1 Å². The third kappa shape index (κ3) is 3.26. The van der Waals surface area contributed by atoms with Gasteiger partial charge in [0, 0.05) is 0 Å². The molecule has 0 bridgehead atoms. The van der Waals surface area contributed by atoms with Crippen LogP contribution in [-0.2, 0) is 10.1 Å². The highest BCUT2D eigenvalue weighted by molar-refractivity contribution is 7.87. The van der Waals surface area contributed by atoms with E-state index in [1.807, 2.05) is 0 Å². The van der Waals surface area contributed by atoms with E-state index in [1.165, 1.54) is 0 Å². The van der Waals surface area contributed by atoms with Crippen LogP contribution in [0.25, 0.3) is 0 Å². The summed E-state index contributed by atoms with van der Waals surface area (Å²) >= 11 is 0. The van der Waals surface area contributed by atoms with Crippen LogP contribution in [0, 0.1) is 5.41 Å². The minimum Gasteiger partial charge on any atom is -0.745 e. The lowest BCUT2D eigenvalue weighted by Crippen LogP contribution is -2.81. The number of hydrogen-bond donors (Lipinski definition) is 0. The molecule has 0 spiro atoms. The molecule has 1 atom stereocenters. The second kappa shape index (κ2) is 6.36. The molecule has 0 aliphatic heterocycles. The predicted octanol–water partition coefficient (Wildman–Crippen LogP) is 4.70. The van der Waals surface area contributed by atoms with Crippen molar-refractivity contribution in [2.75, 3.05) is 0 Å². The summed E-state index contributed by atoms with van der Waals surface area (Å²) in [5.74, 6) is -18.1. The zero-order valence-electron chi connectivity index (χ0n) is 12.1. The van der Waals surface area contributed by atoms with Crippen molar-refractivity contribution in [3.05, 3.63) is 0 Å². The predicted molar refractivity (Wildman–Crippen MR) is 50.1 cm³/mol. The van der Waals surface area contributed by atoms with E-state index in [0.29, 0.717) is 0 Å². The van der Waals surface area contributed by atoms with Gasteiger partial charge in [-0.15, -0.1) is 0 Å². The summed E-state index contributed by atoms with van der Waals surface area (Å²) in [7, 11) is -9.10. The summed E-state index contributed by atoms with van der Waals surface area (Å²) in [6.45, 7) is 0. The van der Waals surface area contributed by atoms with Crippen molar-refractivity contribution in [2.45, 2.75) is 41.6 Å². The standard InChI is InChI=1S/C8HF17O3S/c9-2(10,3(11,12)7(20,21)22)1(5(14,15)16,6(17,18)19)4(13,8(23,24)25)29(26,27)28/h(H,26,27,28)/p-1. The Morgan fingerprint density at radius 1 is 0.448 bits per heavy atom. The molecule has 0 aliphatic carbocycles. The average molecular weight is 499 g/mol. The first-order valence-corrected chi connectivity index (χ1v) is 7.08. The van der Waals surface area contributed by atoms with Crippen LogP contribution in [0.1, 0.15) is 0 Å². The maximum absolute atomic E-state index is 13.9. The molecule has 21 heteroatoms. The molecule has 0 aromatic rings. The number of rotatable bonds is 4. The molecule has 29 heavy (non-hydrogen) atoms. The van der Waals surface area contributed by atoms with E-state index < -0.39 is 57.1 Å². The first kappa shape index (κ1) is 27.7. The first-order valence-electron chi connectivity index (χ1n) is 5.67. The van der Waals surface area contributed by atoms with Crippen LogP contribution in [0.4, 0.5) is 74.6 Å². The van der Waals surface area contributed by atoms with Gasteiger partial charge in [-0.2, -0.15) is 70.2 Å². The summed E-state index contributed by atoms with van der Waals surface area (Å²) in [6, 6.07) is 0. The quantitative estimate of drug-likeness (QED) is 0.417. The molecule has 0 radical (unpaired) electrons. The van der Waals surface area contributed by atoms with Crippen LogP contribution in [0.3, 0.4) is 0 Å². The largest absolute Gasteiger partial charge is 0.745 e. The van der Waals surface area contributed by atoms with Gasteiger partial charge in [-0.1, -0.05) is 0 Å². The summed E-state index contributed by atoms with van der Waals surface area (Å²) < 4.78 is 248. The van der Waals surface area contributed by atoms with Crippen LogP contribution in [0.15, 0.2) is 0 Å². The van der Waals surface area contributed by atoms with E-state index in [1.54, 1.807) is 0 Å². The summed E-state index contributed by atoms with van der Waals surface area (Å²) in [5.41, 5.74) is -9.46. The summed E-state index contributed by atoms with van der Waals surface area (Å²) in [6.07, 6.45) is -34.6. The molecule has 0 aromatic heterocycles. The Bertz CT molecular complexity index is 708. The molecule has 176 valence electrons. The Morgan fingerprint density at radius 3 is 0.862 bits per heavy atom. The summed E-state index contributed by atoms with van der Waals surface area (Å²) in [4.78, 5) is 0. The molecule has 0 heterocycles. The second-order valence-corrected chi connectivity index (χ2v) is 6.41. The Kier molecular flexibility index (Phi) is 6.08. The van der Waals surface area contributed by atoms with Gasteiger partial charge in [0.25, 0.3) is 5.41 Å². The molecular weight excluding hydrogens is 499 g/mol. The third-order valence-corrected chi connectivity index (χ3v) is 4.49. The van der Waals surface area contributed by atoms with Gasteiger partial charge in [0.05, 0.1) is 0 Å². The van der Waals surface area contributed by atoms with Crippen LogP contribution >= 0.6 is 0 Å². The highest BCUT2D eigenvalue weighted by Gasteiger charge is 3.03. The van der Waals surface area contributed by atoms with Crippen molar-refractivity contribution in [1.29, 1.82) is 0 Å². The lowest BCUT2D eigenvalue weighted by Gasteiger charge is -2.51. The van der Waals surface area contributed by atoms with Gasteiger partial charge < -0.3 is 4.55 Å². The van der Waals surface area contributed by atoms with Gasteiger partial charge in [-0.25, -0.2) is 12.8 Å². The van der Waals surface area contributed by atoms with Crippen molar-refractivity contribution < 1.29 is 87.6 Å². The van der Waals surface area contributed by atoms with Crippen LogP contribution < -0.4 is 0 Å². The monoisotopic (exact) mass is 499 g/mol. The Balaban J connectivity index is 8.26. The van der Waals surface area contributed by atoms with E-state index in [2.05, 4.69) is 0 Å². The molecule has 0 aromatic carbocycles. The molecule has 3 nitrogen and oxygen atoms in total. The maximum atomic E-state index is 13.9. The van der Waals surface area contributed by atoms with E-state index in [9.17, 15) is 87.6 Å². The number of halogens is 17. The van der Waals surface area contributed by atoms with Gasteiger partial charge in [0.2, 0.25) is 0 Å². The van der Waals surface area contributed by atoms with E-state index >= 15 is 0 Å². The average Bonchev–Trinajstić information content (AvgIpc) is 2.30. The highest BCUT2D eigenvalue weighted by Crippen LogP contribution is 2.73. The lowest BCUT2D eigenvalue weighted by atomic mass is 9.71. The van der Waals surface area contributed by atoms with E-state index in [4.69, 9.17) is 0 Å². The number of alkyl halides is 17.